The molecule has 0 saturated heterocycles. The third kappa shape index (κ3) is 5.03. The van der Waals surface area contributed by atoms with Crippen molar-refractivity contribution in [2.45, 2.75) is 13.2 Å². The number of methoxy groups -OCH3 is 1. The first-order valence-electron chi connectivity index (χ1n) is 9.85. The lowest BCUT2D eigenvalue weighted by atomic mass is 10.2. The Hall–Kier alpha value is -4.28. The molecule has 34 heavy (non-hydrogen) atoms. The quantitative estimate of drug-likeness (QED) is 0.222. The Balaban J connectivity index is 1.36. The second-order valence-electron chi connectivity index (χ2n) is 7.06. The fraction of sp³-hybridized carbons (Fsp3) is 0.130. The lowest BCUT2D eigenvalue weighted by Gasteiger charge is -2.07. The Morgan fingerprint density at radius 1 is 1.03 bits per heavy atom. The van der Waals surface area contributed by atoms with Crippen molar-refractivity contribution in [3.8, 4) is 11.5 Å². The zero-order valence-corrected chi connectivity index (χ0v) is 17.6. The number of carbonyl (C=O) groups excluding carboxylic acids is 1. The average molecular weight is 475 g/mol. The number of amides is 1. The summed E-state index contributed by atoms with van der Waals surface area (Å²) in [4.78, 5) is 12.4. The zero-order chi connectivity index (χ0) is 24.2. The molecule has 1 amide bonds. The monoisotopic (exact) mass is 475 g/mol. The molecule has 0 saturated carbocycles. The van der Waals surface area contributed by atoms with Crippen LogP contribution >= 0.6 is 0 Å². The van der Waals surface area contributed by atoms with E-state index in [1.165, 1.54) is 18.5 Å². The van der Waals surface area contributed by atoms with Gasteiger partial charge in [0.25, 0.3) is 5.91 Å². The van der Waals surface area contributed by atoms with Gasteiger partial charge in [0.1, 0.15) is 29.7 Å². The molecule has 0 aliphatic carbocycles. The van der Waals surface area contributed by atoms with Crippen LogP contribution in [0.2, 0.25) is 0 Å². The largest absolute Gasteiger partial charge is 0.497 e. The van der Waals surface area contributed by atoms with E-state index < -0.39 is 41.3 Å². The molecule has 4 rings (SSSR count). The molecule has 7 nitrogen and oxygen atoms in total. The van der Waals surface area contributed by atoms with Crippen molar-refractivity contribution in [3.05, 3.63) is 95.2 Å². The maximum Gasteiger partial charge on any atom is 0.291 e. The van der Waals surface area contributed by atoms with Crippen LogP contribution in [-0.4, -0.2) is 22.8 Å². The van der Waals surface area contributed by atoms with Gasteiger partial charge in [0, 0.05) is 17.8 Å². The summed E-state index contributed by atoms with van der Waals surface area (Å²) in [6, 6.07) is 10.2. The van der Waals surface area contributed by atoms with Gasteiger partial charge < -0.3 is 19.2 Å². The Bertz CT molecular complexity index is 1320. The summed E-state index contributed by atoms with van der Waals surface area (Å²) in [6.45, 7) is -0.429. The number of nitrogens with zero attached hydrogens (tertiary/aromatic N) is 2. The highest BCUT2D eigenvalue weighted by atomic mass is 19.2. The maximum absolute atomic E-state index is 13.9. The van der Waals surface area contributed by atoms with E-state index >= 15 is 0 Å². The molecule has 1 N–H and O–H groups in total. The first-order chi connectivity index (χ1) is 16.3. The van der Waals surface area contributed by atoms with Crippen LogP contribution in [0.5, 0.6) is 11.5 Å². The molecule has 11 heteroatoms. The number of anilines is 1. The van der Waals surface area contributed by atoms with E-state index in [9.17, 15) is 22.4 Å². The fourth-order valence-electron chi connectivity index (χ4n) is 3.02. The van der Waals surface area contributed by atoms with E-state index in [0.717, 1.165) is 4.68 Å². The van der Waals surface area contributed by atoms with Gasteiger partial charge in [-0.05, 0) is 36.4 Å². The highest BCUT2D eigenvalue weighted by Crippen LogP contribution is 2.21. The average Bonchev–Trinajstić information content (AvgIpc) is 3.49. The van der Waals surface area contributed by atoms with Gasteiger partial charge in [-0.15, -0.1) is 0 Å². The van der Waals surface area contributed by atoms with E-state index in [-0.39, 0.29) is 24.1 Å². The normalized spacial score (nSPS) is 10.9. The molecule has 176 valence electrons. The second-order valence-corrected chi connectivity index (χ2v) is 7.06. The molecule has 2 heterocycles. The van der Waals surface area contributed by atoms with Crippen LogP contribution < -0.4 is 14.8 Å². The van der Waals surface area contributed by atoms with Crippen LogP contribution in [0, 0.1) is 23.3 Å². The second kappa shape index (κ2) is 9.69. The van der Waals surface area contributed by atoms with E-state index in [2.05, 4.69) is 10.4 Å². The summed E-state index contributed by atoms with van der Waals surface area (Å²) in [5, 5.41) is 6.39. The summed E-state index contributed by atoms with van der Waals surface area (Å²) in [6.07, 6.45) is 2.50. The number of hydrogen-bond donors (Lipinski definition) is 1. The van der Waals surface area contributed by atoms with Gasteiger partial charge in [0.15, 0.2) is 23.2 Å². The molecule has 0 fully saturated rings. The number of hydrogen-bond acceptors (Lipinski definition) is 5. The van der Waals surface area contributed by atoms with Crippen molar-refractivity contribution < 1.29 is 36.2 Å². The summed E-state index contributed by atoms with van der Waals surface area (Å²) >= 11 is 0. The summed E-state index contributed by atoms with van der Waals surface area (Å²) in [5.74, 6) is -5.21. The van der Waals surface area contributed by atoms with Crippen molar-refractivity contribution in [1.29, 1.82) is 0 Å². The topological polar surface area (TPSA) is 78.5 Å². The molecule has 2 aromatic carbocycles. The molecule has 4 aromatic rings. The number of nitrogens with one attached hydrogen (secondary N) is 1. The minimum atomic E-state index is -1.78. The van der Waals surface area contributed by atoms with Gasteiger partial charge in [-0.1, -0.05) is 0 Å². The van der Waals surface area contributed by atoms with Gasteiger partial charge in [-0.2, -0.15) is 5.10 Å². The van der Waals surface area contributed by atoms with Crippen LogP contribution in [0.3, 0.4) is 0 Å². The number of carbonyl (C=O) groups is 1. The van der Waals surface area contributed by atoms with Crippen LogP contribution in [0.4, 0.5) is 23.2 Å². The molecule has 0 atom stereocenters. The molecule has 0 radical (unpaired) electrons. The maximum atomic E-state index is 13.9. The first-order valence-corrected chi connectivity index (χ1v) is 9.85. The molecular weight excluding hydrogens is 458 g/mol. The number of benzene rings is 2. The van der Waals surface area contributed by atoms with Crippen molar-refractivity contribution in [3.63, 3.8) is 0 Å². The minimum absolute atomic E-state index is 0.00113. The van der Waals surface area contributed by atoms with Gasteiger partial charge in [-0.3, -0.25) is 9.48 Å². The number of ether oxygens (including phenoxy) is 2. The Kier molecular flexibility index (Phi) is 6.53. The molecular formula is C23H17F4N3O4. The number of aromatic nitrogens is 2. The van der Waals surface area contributed by atoms with Gasteiger partial charge in [0.05, 0.1) is 25.5 Å². The van der Waals surface area contributed by atoms with Crippen molar-refractivity contribution >= 4 is 11.6 Å². The van der Waals surface area contributed by atoms with Gasteiger partial charge in [-0.25, -0.2) is 17.6 Å². The predicted octanol–water partition coefficient (Wildman–Crippen LogP) is 4.92. The molecule has 0 unspecified atom stereocenters. The smallest absolute Gasteiger partial charge is 0.291 e. The lowest BCUT2D eigenvalue weighted by molar-refractivity contribution is 0.0992. The molecule has 0 aliphatic heterocycles. The zero-order valence-electron chi connectivity index (χ0n) is 17.6. The molecule has 0 spiro atoms. The van der Waals surface area contributed by atoms with E-state index in [1.807, 2.05) is 0 Å². The Labute approximate surface area is 190 Å². The number of furan rings is 1. The first kappa shape index (κ1) is 22.9. The van der Waals surface area contributed by atoms with Crippen molar-refractivity contribution in [2.24, 2.45) is 0 Å². The third-order valence-electron chi connectivity index (χ3n) is 4.75. The highest BCUT2D eigenvalue weighted by molar-refractivity contribution is 6.02. The van der Waals surface area contributed by atoms with Crippen molar-refractivity contribution in [1.82, 2.24) is 9.78 Å². The highest BCUT2D eigenvalue weighted by Gasteiger charge is 2.20. The molecule has 0 aliphatic rings. The Morgan fingerprint density at radius 2 is 1.76 bits per heavy atom. The van der Waals surface area contributed by atoms with Gasteiger partial charge >= 0.3 is 0 Å². The summed E-state index contributed by atoms with van der Waals surface area (Å²) < 4.78 is 71.4. The third-order valence-corrected chi connectivity index (χ3v) is 4.75. The molecule has 0 bridgehead atoms. The Morgan fingerprint density at radius 3 is 2.50 bits per heavy atom. The van der Waals surface area contributed by atoms with E-state index in [1.54, 1.807) is 37.4 Å². The summed E-state index contributed by atoms with van der Waals surface area (Å²) in [5.41, 5.74) is -0.506. The van der Waals surface area contributed by atoms with Gasteiger partial charge in [0.2, 0.25) is 0 Å². The standard InChI is InChI=1S/C23H17F4N3O4/c1-32-14-2-4-15(5-3-14)33-12-16-6-7-20(34-16)23(31)29-13-9-28-30(10-13)11-17-18(24)8-19(25)22(27)21(17)26/h2-10H,11-12H2,1H3,(H,29,31). The van der Waals surface area contributed by atoms with Crippen LogP contribution in [0.25, 0.3) is 0 Å². The SMILES string of the molecule is COc1ccc(OCc2ccc(C(=O)Nc3cnn(Cc4c(F)cc(F)c(F)c4F)c3)o2)cc1. The minimum Gasteiger partial charge on any atom is -0.497 e. The predicted molar refractivity (Wildman–Crippen MR) is 112 cm³/mol. The summed E-state index contributed by atoms with van der Waals surface area (Å²) in [7, 11) is 1.56. The molecule has 2 aromatic heterocycles. The van der Waals surface area contributed by atoms with E-state index in [4.69, 9.17) is 13.9 Å². The van der Waals surface area contributed by atoms with Crippen LogP contribution in [0.15, 0.2) is 59.3 Å². The number of rotatable bonds is 8. The van der Waals surface area contributed by atoms with E-state index in [0.29, 0.717) is 17.3 Å². The number of halogens is 4. The lowest BCUT2D eigenvalue weighted by Crippen LogP contribution is -2.11. The van der Waals surface area contributed by atoms with Crippen LogP contribution in [0.1, 0.15) is 21.9 Å². The fourth-order valence-corrected chi connectivity index (χ4v) is 3.02. The van der Waals surface area contributed by atoms with Crippen LogP contribution in [-0.2, 0) is 13.2 Å². The van der Waals surface area contributed by atoms with Crippen molar-refractivity contribution in [2.75, 3.05) is 12.4 Å².